The lowest BCUT2D eigenvalue weighted by molar-refractivity contribution is 0.392. The summed E-state index contributed by atoms with van der Waals surface area (Å²) in [6.45, 7) is 2.07. The molecule has 0 amide bonds. The van der Waals surface area contributed by atoms with Gasteiger partial charge in [-0.15, -0.1) is 0 Å². The predicted molar refractivity (Wildman–Crippen MR) is 65.4 cm³/mol. The maximum atomic E-state index is 10.0. The fraction of sp³-hybridized carbons (Fsp3) is 0.385. The van der Waals surface area contributed by atoms with Crippen molar-refractivity contribution < 1.29 is 5.11 Å². The second-order valence-electron chi connectivity index (χ2n) is 4.39. The lowest BCUT2D eigenvalue weighted by Crippen LogP contribution is -2.38. The SMILES string of the molecule is Oc1cc2ccccc2n1N1CCCCC1. The van der Waals surface area contributed by atoms with Gasteiger partial charge in [0.1, 0.15) is 0 Å². The van der Waals surface area contributed by atoms with Crippen LogP contribution in [0, 0.1) is 0 Å². The highest BCUT2D eigenvalue weighted by atomic mass is 16.3. The summed E-state index contributed by atoms with van der Waals surface area (Å²) in [4.78, 5) is 0. The van der Waals surface area contributed by atoms with Gasteiger partial charge in [0, 0.05) is 24.5 Å². The van der Waals surface area contributed by atoms with E-state index in [4.69, 9.17) is 0 Å². The lowest BCUT2D eigenvalue weighted by atomic mass is 10.2. The van der Waals surface area contributed by atoms with Crippen LogP contribution in [0.1, 0.15) is 19.3 Å². The van der Waals surface area contributed by atoms with Gasteiger partial charge in [-0.2, -0.15) is 0 Å². The molecule has 1 N–H and O–H groups in total. The van der Waals surface area contributed by atoms with Gasteiger partial charge in [0.25, 0.3) is 0 Å². The second kappa shape index (κ2) is 3.74. The van der Waals surface area contributed by atoms with Gasteiger partial charge in [0.05, 0.1) is 5.52 Å². The fourth-order valence-electron chi connectivity index (χ4n) is 2.50. The quantitative estimate of drug-likeness (QED) is 0.793. The Labute approximate surface area is 94.9 Å². The molecule has 16 heavy (non-hydrogen) atoms. The van der Waals surface area contributed by atoms with Crippen molar-refractivity contribution in [2.24, 2.45) is 0 Å². The Balaban J connectivity index is 2.10. The maximum Gasteiger partial charge on any atom is 0.211 e. The average Bonchev–Trinajstić information content (AvgIpc) is 2.66. The van der Waals surface area contributed by atoms with Gasteiger partial charge in [0.15, 0.2) is 0 Å². The molecule has 0 saturated carbocycles. The molecule has 0 spiro atoms. The van der Waals surface area contributed by atoms with Crippen LogP contribution in [0.15, 0.2) is 30.3 Å². The Morgan fingerprint density at radius 3 is 2.56 bits per heavy atom. The zero-order valence-electron chi connectivity index (χ0n) is 9.26. The van der Waals surface area contributed by atoms with Gasteiger partial charge in [-0.25, -0.2) is 4.68 Å². The normalized spacial score (nSPS) is 16.9. The molecule has 2 heterocycles. The summed E-state index contributed by atoms with van der Waals surface area (Å²) in [6, 6.07) is 9.95. The van der Waals surface area contributed by atoms with Crippen LogP contribution in [0.2, 0.25) is 0 Å². The van der Waals surface area contributed by atoms with Gasteiger partial charge in [-0.05, 0) is 25.3 Å². The molecule has 3 nitrogen and oxygen atoms in total. The Hall–Kier alpha value is -1.64. The third-order valence-electron chi connectivity index (χ3n) is 3.28. The van der Waals surface area contributed by atoms with Crippen molar-refractivity contribution >= 4 is 10.9 Å². The third-order valence-corrected chi connectivity index (χ3v) is 3.28. The number of aromatic nitrogens is 1. The molecule has 0 radical (unpaired) electrons. The number of hydrogen-bond donors (Lipinski definition) is 1. The number of nitrogens with zero attached hydrogens (tertiary/aromatic N) is 2. The molecule has 0 unspecified atom stereocenters. The van der Waals surface area contributed by atoms with E-state index >= 15 is 0 Å². The number of benzene rings is 1. The van der Waals surface area contributed by atoms with E-state index in [-0.39, 0.29) is 0 Å². The van der Waals surface area contributed by atoms with Gasteiger partial charge in [-0.1, -0.05) is 18.2 Å². The first-order chi connectivity index (χ1) is 7.86. The molecule has 1 fully saturated rings. The smallest absolute Gasteiger partial charge is 0.211 e. The average molecular weight is 216 g/mol. The molecule has 0 aliphatic carbocycles. The van der Waals surface area contributed by atoms with Crippen molar-refractivity contribution in [2.75, 3.05) is 18.1 Å². The molecule has 3 heteroatoms. The molecular weight excluding hydrogens is 200 g/mol. The lowest BCUT2D eigenvalue weighted by Gasteiger charge is -2.30. The predicted octanol–water partition coefficient (Wildman–Crippen LogP) is 2.47. The number of hydrogen-bond acceptors (Lipinski definition) is 2. The summed E-state index contributed by atoms with van der Waals surface area (Å²) in [5.41, 5.74) is 1.10. The van der Waals surface area contributed by atoms with E-state index < -0.39 is 0 Å². The van der Waals surface area contributed by atoms with Crippen molar-refractivity contribution in [3.8, 4) is 5.88 Å². The van der Waals surface area contributed by atoms with Crippen molar-refractivity contribution in [3.63, 3.8) is 0 Å². The van der Waals surface area contributed by atoms with E-state index in [0.717, 1.165) is 24.0 Å². The molecule has 0 atom stereocenters. The number of piperidine rings is 1. The van der Waals surface area contributed by atoms with E-state index in [1.807, 2.05) is 28.9 Å². The molecule has 0 bridgehead atoms. The standard InChI is InChI=1S/C13H16N2O/c16-13-10-11-6-2-3-7-12(11)15(13)14-8-4-1-5-9-14/h2-3,6-7,10,16H,1,4-5,8-9H2. The molecule has 1 aromatic carbocycles. The third kappa shape index (κ3) is 1.43. The van der Waals surface area contributed by atoms with Gasteiger partial charge < -0.3 is 10.1 Å². The van der Waals surface area contributed by atoms with E-state index in [1.165, 1.54) is 19.3 Å². The highest BCUT2D eigenvalue weighted by Gasteiger charge is 2.16. The van der Waals surface area contributed by atoms with Crippen molar-refractivity contribution in [2.45, 2.75) is 19.3 Å². The summed E-state index contributed by atoms with van der Waals surface area (Å²) in [5, 5.41) is 13.3. The van der Waals surface area contributed by atoms with Gasteiger partial charge in [-0.3, -0.25) is 0 Å². The zero-order valence-corrected chi connectivity index (χ0v) is 9.26. The van der Waals surface area contributed by atoms with Crippen LogP contribution in [-0.4, -0.2) is 22.9 Å². The van der Waals surface area contributed by atoms with Crippen LogP contribution in [-0.2, 0) is 0 Å². The van der Waals surface area contributed by atoms with Crippen LogP contribution >= 0.6 is 0 Å². The number of aromatic hydroxyl groups is 1. The fourth-order valence-corrected chi connectivity index (χ4v) is 2.50. The Morgan fingerprint density at radius 2 is 1.75 bits per heavy atom. The van der Waals surface area contributed by atoms with Gasteiger partial charge in [0.2, 0.25) is 5.88 Å². The largest absolute Gasteiger partial charge is 0.493 e. The summed E-state index contributed by atoms with van der Waals surface area (Å²) in [7, 11) is 0. The van der Waals surface area contributed by atoms with Gasteiger partial charge >= 0.3 is 0 Å². The topological polar surface area (TPSA) is 28.4 Å². The maximum absolute atomic E-state index is 10.0. The highest BCUT2D eigenvalue weighted by molar-refractivity contribution is 5.82. The van der Waals surface area contributed by atoms with Crippen LogP contribution in [0.5, 0.6) is 5.88 Å². The second-order valence-corrected chi connectivity index (χ2v) is 4.39. The first-order valence-corrected chi connectivity index (χ1v) is 5.91. The van der Waals surface area contributed by atoms with Crippen molar-refractivity contribution in [3.05, 3.63) is 30.3 Å². The molecule has 3 rings (SSSR count). The Morgan fingerprint density at radius 1 is 1.00 bits per heavy atom. The minimum atomic E-state index is 0.350. The van der Waals surface area contributed by atoms with E-state index in [1.54, 1.807) is 0 Å². The monoisotopic (exact) mass is 216 g/mol. The molecule has 1 aliphatic rings. The first kappa shape index (κ1) is 9.58. The van der Waals surface area contributed by atoms with E-state index in [0.29, 0.717) is 5.88 Å². The van der Waals surface area contributed by atoms with E-state index in [9.17, 15) is 5.11 Å². The van der Waals surface area contributed by atoms with Crippen molar-refractivity contribution in [1.29, 1.82) is 0 Å². The summed E-state index contributed by atoms with van der Waals surface area (Å²) >= 11 is 0. The van der Waals surface area contributed by atoms with E-state index in [2.05, 4.69) is 11.1 Å². The number of para-hydroxylation sites is 1. The molecule has 84 valence electrons. The summed E-state index contributed by atoms with van der Waals surface area (Å²) < 4.78 is 1.95. The minimum Gasteiger partial charge on any atom is -0.493 e. The molecular formula is C13H16N2O. The molecule has 2 aromatic rings. The summed E-state index contributed by atoms with van der Waals surface area (Å²) in [5.74, 6) is 0.350. The Kier molecular flexibility index (Phi) is 2.24. The van der Waals surface area contributed by atoms with Crippen LogP contribution < -0.4 is 5.01 Å². The van der Waals surface area contributed by atoms with Crippen LogP contribution in [0.25, 0.3) is 10.9 Å². The van der Waals surface area contributed by atoms with Crippen molar-refractivity contribution in [1.82, 2.24) is 4.68 Å². The Bertz CT molecular complexity index is 498. The molecule has 1 saturated heterocycles. The minimum absolute atomic E-state index is 0.350. The first-order valence-electron chi connectivity index (χ1n) is 5.91. The highest BCUT2D eigenvalue weighted by Crippen LogP contribution is 2.25. The molecule has 1 aliphatic heterocycles. The van der Waals surface area contributed by atoms with Crippen LogP contribution in [0.3, 0.4) is 0 Å². The number of rotatable bonds is 1. The summed E-state index contributed by atoms with van der Waals surface area (Å²) in [6.07, 6.45) is 3.73. The zero-order chi connectivity index (χ0) is 11.0. The number of fused-ring (bicyclic) bond motifs is 1. The molecule has 1 aromatic heterocycles. The van der Waals surface area contributed by atoms with Crippen LogP contribution in [0.4, 0.5) is 0 Å².